The fraction of sp³-hybridized carbons (Fsp3) is 0.583. The van der Waals surface area contributed by atoms with Gasteiger partial charge in [-0.05, 0) is 61.8 Å². The van der Waals surface area contributed by atoms with Gasteiger partial charge in [0.15, 0.2) is 0 Å². The summed E-state index contributed by atoms with van der Waals surface area (Å²) in [6.07, 6.45) is 24.0. The summed E-state index contributed by atoms with van der Waals surface area (Å²) in [7, 11) is 0. The predicted molar refractivity (Wildman–Crippen MR) is 112 cm³/mol. The lowest BCUT2D eigenvalue weighted by Crippen LogP contribution is -1.89. The zero-order chi connectivity index (χ0) is 18.5. The Labute approximate surface area is 160 Å². The maximum Gasteiger partial charge on any atom is 0.0300 e. The standard InChI is InChI=1S/C24H36N2/c1-21-15-23(19-25-17-21)13-11-9-7-5-3-4-6-8-10-12-14-24-16-22(2)18-26-20-24/h15-20H,3-14H2,1-2H3. The molecule has 0 spiro atoms. The van der Waals surface area contributed by atoms with Gasteiger partial charge in [-0.25, -0.2) is 0 Å². The second-order valence-electron chi connectivity index (χ2n) is 7.78. The minimum Gasteiger partial charge on any atom is -0.264 e. The van der Waals surface area contributed by atoms with Crippen LogP contribution >= 0.6 is 0 Å². The van der Waals surface area contributed by atoms with Gasteiger partial charge >= 0.3 is 0 Å². The molecule has 0 fully saturated rings. The van der Waals surface area contributed by atoms with E-state index >= 15 is 0 Å². The molecule has 2 rings (SSSR count). The van der Waals surface area contributed by atoms with Gasteiger partial charge in [0.25, 0.3) is 0 Å². The number of unbranched alkanes of at least 4 members (excludes halogenated alkanes) is 9. The Balaban J connectivity index is 1.36. The molecular weight excluding hydrogens is 316 g/mol. The Bertz CT molecular complexity index is 566. The van der Waals surface area contributed by atoms with E-state index in [1.165, 1.54) is 99.3 Å². The average Bonchev–Trinajstić information content (AvgIpc) is 2.63. The molecule has 0 bridgehead atoms. The van der Waals surface area contributed by atoms with Crippen molar-refractivity contribution in [1.29, 1.82) is 0 Å². The molecule has 142 valence electrons. The molecule has 0 aliphatic carbocycles. The van der Waals surface area contributed by atoms with Crippen molar-refractivity contribution in [1.82, 2.24) is 9.97 Å². The van der Waals surface area contributed by atoms with Gasteiger partial charge in [0.1, 0.15) is 0 Å². The van der Waals surface area contributed by atoms with Crippen molar-refractivity contribution in [3.63, 3.8) is 0 Å². The smallest absolute Gasteiger partial charge is 0.0300 e. The maximum absolute atomic E-state index is 4.27. The van der Waals surface area contributed by atoms with E-state index < -0.39 is 0 Å². The van der Waals surface area contributed by atoms with Crippen molar-refractivity contribution >= 4 is 0 Å². The summed E-state index contributed by atoms with van der Waals surface area (Å²) in [5.41, 5.74) is 5.34. The summed E-state index contributed by atoms with van der Waals surface area (Å²) >= 11 is 0. The van der Waals surface area contributed by atoms with Crippen molar-refractivity contribution in [3.05, 3.63) is 59.2 Å². The van der Waals surface area contributed by atoms with Crippen LogP contribution in [0.2, 0.25) is 0 Å². The molecule has 2 heteroatoms. The van der Waals surface area contributed by atoms with Crippen LogP contribution < -0.4 is 0 Å². The van der Waals surface area contributed by atoms with Gasteiger partial charge in [-0.3, -0.25) is 9.97 Å². The van der Waals surface area contributed by atoms with Crippen molar-refractivity contribution in [2.75, 3.05) is 0 Å². The quantitative estimate of drug-likeness (QED) is 0.371. The van der Waals surface area contributed by atoms with Gasteiger partial charge in [-0.15, -0.1) is 0 Å². The lowest BCUT2D eigenvalue weighted by Gasteiger charge is -2.04. The first-order chi connectivity index (χ1) is 12.7. The van der Waals surface area contributed by atoms with Gasteiger partial charge in [0, 0.05) is 24.8 Å². The molecule has 0 atom stereocenters. The Morgan fingerprint density at radius 1 is 0.500 bits per heavy atom. The number of aromatic nitrogens is 2. The molecule has 0 unspecified atom stereocenters. The maximum atomic E-state index is 4.27. The van der Waals surface area contributed by atoms with E-state index in [9.17, 15) is 0 Å². The van der Waals surface area contributed by atoms with Crippen LogP contribution in [0.25, 0.3) is 0 Å². The highest BCUT2D eigenvalue weighted by molar-refractivity contribution is 5.17. The molecule has 0 aliphatic rings. The first-order valence-corrected chi connectivity index (χ1v) is 10.5. The van der Waals surface area contributed by atoms with Crippen LogP contribution in [0, 0.1) is 13.8 Å². The fourth-order valence-electron chi connectivity index (χ4n) is 3.58. The summed E-state index contributed by atoms with van der Waals surface area (Å²) in [6.45, 7) is 4.24. The van der Waals surface area contributed by atoms with E-state index in [1.54, 1.807) is 0 Å². The van der Waals surface area contributed by atoms with Crippen molar-refractivity contribution in [3.8, 4) is 0 Å². The molecule has 0 aliphatic heterocycles. The molecule has 26 heavy (non-hydrogen) atoms. The summed E-state index contributed by atoms with van der Waals surface area (Å²) in [4.78, 5) is 8.54. The summed E-state index contributed by atoms with van der Waals surface area (Å²) in [5, 5.41) is 0. The van der Waals surface area contributed by atoms with Crippen LogP contribution in [0.5, 0.6) is 0 Å². The van der Waals surface area contributed by atoms with E-state index in [4.69, 9.17) is 0 Å². The molecule has 0 radical (unpaired) electrons. The summed E-state index contributed by atoms with van der Waals surface area (Å²) in [5.74, 6) is 0. The third-order valence-electron chi connectivity index (χ3n) is 5.04. The minimum atomic E-state index is 1.19. The van der Waals surface area contributed by atoms with Crippen LogP contribution in [0.4, 0.5) is 0 Å². The first-order valence-electron chi connectivity index (χ1n) is 10.5. The largest absolute Gasteiger partial charge is 0.264 e. The first kappa shape index (κ1) is 20.6. The van der Waals surface area contributed by atoms with Crippen molar-refractivity contribution in [2.24, 2.45) is 0 Å². The monoisotopic (exact) mass is 352 g/mol. The molecule has 2 nitrogen and oxygen atoms in total. The van der Waals surface area contributed by atoms with E-state index in [0.29, 0.717) is 0 Å². The van der Waals surface area contributed by atoms with Crippen LogP contribution in [0.3, 0.4) is 0 Å². The summed E-state index contributed by atoms with van der Waals surface area (Å²) < 4.78 is 0. The lowest BCUT2D eigenvalue weighted by atomic mass is 10.0. The van der Waals surface area contributed by atoms with E-state index in [-0.39, 0.29) is 0 Å². The molecule has 0 aromatic carbocycles. The molecule has 0 saturated heterocycles. The van der Waals surface area contributed by atoms with E-state index in [0.717, 1.165) is 0 Å². The Morgan fingerprint density at radius 3 is 1.19 bits per heavy atom. The van der Waals surface area contributed by atoms with Gasteiger partial charge in [0.2, 0.25) is 0 Å². The van der Waals surface area contributed by atoms with Crippen molar-refractivity contribution < 1.29 is 0 Å². The number of hydrogen-bond donors (Lipinski definition) is 0. The molecule has 2 aromatic rings. The van der Waals surface area contributed by atoms with Gasteiger partial charge in [-0.2, -0.15) is 0 Å². The predicted octanol–water partition coefficient (Wildman–Crippen LogP) is 6.78. The number of rotatable bonds is 13. The SMILES string of the molecule is Cc1cncc(CCCCCCCCCCCCc2cncc(C)c2)c1. The fourth-order valence-corrected chi connectivity index (χ4v) is 3.58. The number of hydrogen-bond acceptors (Lipinski definition) is 2. The Hall–Kier alpha value is -1.70. The third kappa shape index (κ3) is 9.12. The Kier molecular flexibility index (Phi) is 10.0. The highest BCUT2D eigenvalue weighted by Crippen LogP contribution is 2.14. The molecule has 0 N–H and O–H groups in total. The summed E-state index contributed by atoms with van der Waals surface area (Å²) in [6, 6.07) is 4.53. The topological polar surface area (TPSA) is 25.8 Å². The van der Waals surface area contributed by atoms with Crippen LogP contribution in [-0.4, -0.2) is 9.97 Å². The van der Waals surface area contributed by atoms with Gasteiger partial charge in [0.05, 0.1) is 0 Å². The molecule has 0 saturated carbocycles. The highest BCUT2D eigenvalue weighted by atomic mass is 14.6. The lowest BCUT2D eigenvalue weighted by molar-refractivity contribution is 0.551. The molecule has 0 amide bonds. The average molecular weight is 353 g/mol. The number of nitrogens with zero attached hydrogens (tertiary/aromatic N) is 2. The van der Waals surface area contributed by atoms with Crippen LogP contribution in [-0.2, 0) is 12.8 Å². The number of pyridine rings is 2. The Morgan fingerprint density at radius 2 is 0.846 bits per heavy atom. The van der Waals surface area contributed by atoms with E-state index in [1.807, 2.05) is 24.8 Å². The van der Waals surface area contributed by atoms with Crippen LogP contribution in [0.1, 0.15) is 86.5 Å². The second kappa shape index (κ2) is 12.6. The van der Waals surface area contributed by atoms with E-state index in [2.05, 4.69) is 35.9 Å². The number of aryl methyl sites for hydroxylation is 4. The molecular formula is C24H36N2. The minimum absolute atomic E-state index is 1.19. The molecule has 2 heterocycles. The highest BCUT2D eigenvalue weighted by Gasteiger charge is 1.97. The third-order valence-corrected chi connectivity index (χ3v) is 5.04. The van der Waals surface area contributed by atoms with Crippen molar-refractivity contribution in [2.45, 2.75) is 90.9 Å². The molecule has 2 aromatic heterocycles. The zero-order valence-electron chi connectivity index (χ0n) is 16.8. The normalized spacial score (nSPS) is 11.0. The van der Waals surface area contributed by atoms with Gasteiger partial charge < -0.3 is 0 Å². The zero-order valence-corrected chi connectivity index (χ0v) is 16.8. The second-order valence-corrected chi connectivity index (χ2v) is 7.78. The van der Waals surface area contributed by atoms with Crippen LogP contribution in [0.15, 0.2) is 36.9 Å². The van der Waals surface area contributed by atoms with Gasteiger partial charge in [-0.1, -0.05) is 63.5 Å².